The maximum atomic E-state index is 11.6. The molecule has 1 aliphatic rings. The fourth-order valence-corrected chi connectivity index (χ4v) is 1.44. The number of rotatable bonds is 4. The average molecular weight is 199 g/mol. The SMILES string of the molecule is C=CCCC(=O)N1CCOC(CO)C1. The zero-order valence-corrected chi connectivity index (χ0v) is 8.32. The van der Waals surface area contributed by atoms with Crippen LogP contribution in [0.4, 0.5) is 0 Å². The molecule has 80 valence electrons. The molecule has 14 heavy (non-hydrogen) atoms. The second kappa shape index (κ2) is 5.78. The molecule has 0 bridgehead atoms. The summed E-state index contributed by atoms with van der Waals surface area (Å²) >= 11 is 0. The van der Waals surface area contributed by atoms with Gasteiger partial charge in [0.15, 0.2) is 0 Å². The molecule has 0 aromatic rings. The largest absolute Gasteiger partial charge is 0.394 e. The summed E-state index contributed by atoms with van der Waals surface area (Å²) in [5.74, 6) is 0.117. The summed E-state index contributed by atoms with van der Waals surface area (Å²) < 4.78 is 5.25. The van der Waals surface area contributed by atoms with E-state index in [0.717, 1.165) is 0 Å². The predicted molar refractivity (Wildman–Crippen MR) is 52.8 cm³/mol. The van der Waals surface area contributed by atoms with Crippen molar-refractivity contribution in [1.82, 2.24) is 4.90 Å². The molecule has 0 saturated carbocycles. The number of aliphatic hydroxyl groups is 1. The molecule has 1 aliphatic heterocycles. The zero-order valence-electron chi connectivity index (χ0n) is 8.32. The Labute approximate surface area is 84.2 Å². The van der Waals surface area contributed by atoms with Crippen molar-refractivity contribution in [3.63, 3.8) is 0 Å². The van der Waals surface area contributed by atoms with E-state index in [-0.39, 0.29) is 18.6 Å². The summed E-state index contributed by atoms with van der Waals surface area (Å²) in [6.07, 6.45) is 2.74. The van der Waals surface area contributed by atoms with Crippen LogP contribution < -0.4 is 0 Å². The van der Waals surface area contributed by atoms with Crippen LogP contribution in [-0.2, 0) is 9.53 Å². The molecule has 0 radical (unpaired) electrons. The van der Waals surface area contributed by atoms with Gasteiger partial charge in [-0.25, -0.2) is 0 Å². The first kappa shape index (κ1) is 11.2. The second-order valence-electron chi connectivity index (χ2n) is 3.34. The lowest BCUT2D eigenvalue weighted by atomic mass is 10.2. The lowest BCUT2D eigenvalue weighted by Crippen LogP contribution is -2.46. The van der Waals surface area contributed by atoms with E-state index in [1.165, 1.54) is 0 Å². The third-order valence-corrected chi connectivity index (χ3v) is 2.26. The molecule has 0 spiro atoms. The normalized spacial score (nSPS) is 22.1. The minimum atomic E-state index is -0.212. The van der Waals surface area contributed by atoms with E-state index in [0.29, 0.717) is 32.5 Å². The number of hydrogen-bond donors (Lipinski definition) is 1. The van der Waals surface area contributed by atoms with E-state index in [4.69, 9.17) is 9.84 Å². The Balaban J connectivity index is 2.35. The van der Waals surface area contributed by atoms with Gasteiger partial charge >= 0.3 is 0 Å². The van der Waals surface area contributed by atoms with Gasteiger partial charge in [-0.3, -0.25) is 4.79 Å². The van der Waals surface area contributed by atoms with Gasteiger partial charge in [0.1, 0.15) is 0 Å². The van der Waals surface area contributed by atoms with Gasteiger partial charge in [0, 0.05) is 19.5 Å². The van der Waals surface area contributed by atoms with Crippen molar-refractivity contribution in [3.8, 4) is 0 Å². The number of morpholine rings is 1. The molecule has 4 heteroatoms. The molecule has 1 saturated heterocycles. The Morgan fingerprint density at radius 2 is 2.50 bits per heavy atom. The predicted octanol–water partition coefficient (Wildman–Crippen LogP) is 0.172. The summed E-state index contributed by atoms with van der Waals surface area (Å²) in [5.41, 5.74) is 0. The van der Waals surface area contributed by atoms with Gasteiger partial charge in [-0.1, -0.05) is 6.08 Å². The van der Waals surface area contributed by atoms with E-state index in [9.17, 15) is 4.79 Å². The van der Waals surface area contributed by atoms with E-state index < -0.39 is 0 Å². The molecule has 1 fully saturated rings. The number of carbonyl (C=O) groups is 1. The molecule has 1 N–H and O–H groups in total. The number of carbonyl (C=O) groups excluding carboxylic acids is 1. The Morgan fingerprint density at radius 3 is 3.14 bits per heavy atom. The molecule has 1 amide bonds. The van der Waals surface area contributed by atoms with Crippen LogP contribution in [0.5, 0.6) is 0 Å². The van der Waals surface area contributed by atoms with E-state index >= 15 is 0 Å². The standard InChI is InChI=1S/C10H17NO3/c1-2-3-4-10(13)11-5-6-14-9(7-11)8-12/h2,9,12H,1,3-8H2. The molecule has 0 aliphatic carbocycles. The molecular weight excluding hydrogens is 182 g/mol. The van der Waals surface area contributed by atoms with Crippen LogP contribution in [0.25, 0.3) is 0 Å². The van der Waals surface area contributed by atoms with E-state index in [2.05, 4.69) is 6.58 Å². The number of nitrogens with zero attached hydrogens (tertiary/aromatic N) is 1. The lowest BCUT2D eigenvalue weighted by Gasteiger charge is -2.32. The van der Waals surface area contributed by atoms with Crippen molar-refractivity contribution in [2.75, 3.05) is 26.3 Å². The number of aliphatic hydroxyl groups excluding tert-OH is 1. The molecule has 4 nitrogen and oxygen atoms in total. The molecular formula is C10H17NO3. The highest BCUT2D eigenvalue weighted by molar-refractivity contribution is 5.76. The van der Waals surface area contributed by atoms with Crippen molar-refractivity contribution in [2.45, 2.75) is 18.9 Å². The van der Waals surface area contributed by atoms with Gasteiger partial charge in [0.2, 0.25) is 5.91 Å². The Hall–Kier alpha value is -0.870. The summed E-state index contributed by atoms with van der Waals surface area (Å²) in [6, 6.07) is 0. The molecule has 0 aromatic heterocycles. The third kappa shape index (κ3) is 3.12. The summed E-state index contributed by atoms with van der Waals surface area (Å²) in [4.78, 5) is 13.3. The van der Waals surface area contributed by atoms with Gasteiger partial charge in [-0.15, -0.1) is 6.58 Å². The molecule has 1 heterocycles. The Morgan fingerprint density at radius 1 is 1.71 bits per heavy atom. The first-order chi connectivity index (χ1) is 6.77. The number of hydrogen-bond acceptors (Lipinski definition) is 3. The topological polar surface area (TPSA) is 49.8 Å². The first-order valence-electron chi connectivity index (χ1n) is 4.89. The maximum absolute atomic E-state index is 11.6. The fraction of sp³-hybridized carbons (Fsp3) is 0.700. The van der Waals surface area contributed by atoms with Gasteiger partial charge in [0.05, 0.1) is 19.3 Å². The smallest absolute Gasteiger partial charge is 0.223 e. The summed E-state index contributed by atoms with van der Waals surface area (Å²) in [6.45, 7) is 5.21. The average Bonchev–Trinajstić information content (AvgIpc) is 2.26. The van der Waals surface area contributed by atoms with Crippen LogP contribution >= 0.6 is 0 Å². The Bertz CT molecular complexity index is 206. The molecule has 0 aromatic carbocycles. The van der Waals surface area contributed by atoms with Crippen molar-refractivity contribution in [3.05, 3.63) is 12.7 Å². The lowest BCUT2D eigenvalue weighted by molar-refractivity contribution is -0.140. The maximum Gasteiger partial charge on any atom is 0.223 e. The first-order valence-corrected chi connectivity index (χ1v) is 4.89. The van der Waals surface area contributed by atoms with Crippen LogP contribution in [0.3, 0.4) is 0 Å². The summed E-state index contributed by atoms with van der Waals surface area (Å²) in [7, 11) is 0. The molecule has 1 atom stereocenters. The highest BCUT2D eigenvalue weighted by Gasteiger charge is 2.22. The molecule has 1 rings (SSSR count). The minimum Gasteiger partial charge on any atom is -0.394 e. The van der Waals surface area contributed by atoms with Crippen molar-refractivity contribution >= 4 is 5.91 Å². The highest BCUT2D eigenvalue weighted by Crippen LogP contribution is 2.07. The van der Waals surface area contributed by atoms with Crippen molar-refractivity contribution in [2.24, 2.45) is 0 Å². The number of ether oxygens (including phenoxy) is 1. The fourth-order valence-electron chi connectivity index (χ4n) is 1.44. The minimum absolute atomic E-state index is 0.0226. The third-order valence-electron chi connectivity index (χ3n) is 2.26. The van der Waals surface area contributed by atoms with E-state index in [1.807, 2.05) is 0 Å². The summed E-state index contributed by atoms with van der Waals surface area (Å²) in [5, 5.41) is 8.89. The van der Waals surface area contributed by atoms with Gasteiger partial charge < -0.3 is 14.7 Å². The van der Waals surface area contributed by atoms with Gasteiger partial charge in [-0.2, -0.15) is 0 Å². The zero-order chi connectivity index (χ0) is 10.4. The van der Waals surface area contributed by atoms with Gasteiger partial charge in [0.25, 0.3) is 0 Å². The van der Waals surface area contributed by atoms with Crippen LogP contribution in [0.15, 0.2) is 12.7 Å². The van der Waals surface area contributed by atoms with E-state index in [1.54, 1.807) is 11.0 Å². The monoisotopic (exact) mass is 199 g/mol. The second-order valence-corrected chi connectivity index (χ2v) is 3.34. The van der Waals surface area contributed by atoms with Crippen LogP contribution in [0.2, 0.25) is 0 Å². The molecule has 1 unspecified atom stereocenters. The quantitative estimate of drug-likeness (QED) is 0.657. The van der Waals surface area contributed by atoms with Crippen molar-refractivity contribution in [1.29, 1.82) is 0 Å². The highest BCUT2D eigenvalue weighted by atomic mass is 16.5. The van der Waals surface area contributed by atoms with Gasteiger partial charge in [-0.05, 0) is 6.42 Å². The number of amides is 1. The number of allylic oxidation sites excluding steroid dienone is 1. The Kier molecular flexibility index (Phi) is 4.62. The van der Waals surface area contributed by atoms with Crippen LogP contribution in [-0.4, -0.2) is 48.3 Å². The van der Waals surface area contributed by atoms with Crippen molar-refractivity contribution < 1.29 is 14.6 Å². The van der Waals surface area contributed by atoms with Crippen LogP contribution in [0.1, 0.15) is 12.8 Å². The van der Waals surface area contributed by atoms with Crippen LogP contribution in [0, 0.1) is 0 Å².